The first-order chi connectivity index (χ1) is 9.47. The number of nitrogens with one attached hydrogen (secondary N) is 1. The summed E-state index contributed by atoms with van der Waals surface area (Å²) in [4.78, 5) is 12.0. The second-order valence-corrected chi connectivity index (χ2v) is 5.24. The largest absolute Gasteiger partial charge is 0.395 e. The molecule has 0 atom stereocenters. The van der Waals surface area contributed by atoms with Crippen LogP contribution in [-0.2, 0) is 18.2 Å². The number of ether oxygens (including phenoxy) is 1. The number of carbonyl (C=O) groups is 1. The van der Waals surface area contributed by atoms with Crippen molar-refractivity contribution in [2.45, 2.75) is 33.6 Å². The maximum absolute atomic E-state index is 12.0. The SMILES string of the molecule is CCc1nn(C)c(C(=O)NCCOCCC(C)C)c1N. The van der Waals surface area contributed by atoms with Crippen LogP contribution in [0, 0.1) is 5.92 Å². The van der Waals surface area contributed by atoms with Crippen LogP contribution in [0.5, 0.6) is 0 Å². The van der Waals surface area contributed by atoms with E-state index in [9.17, 15) is 4.79 Å². The molecule has 1 amide bonds. The van der Waals surface area contributed by atoms with Crippen molar-refractivity contribution < 1.29 is 9.53 Å². The summed E-state index contributed by atoms with van der Waals surface area (Å²) in [5, 5.41) is 7.03. The van der Waals surface area contributed by atoms with Gasteiger partial charge in [0, 0.05) is 20.2 Å². The lowest BCUT2D eigenvalue weighted by Crippen LogP contribution is -2.29. The highest BCUT2D eigenvalue weighted by atomic mass is 16.5. The lowest BCUT2D eigenvalue weighted by atomic mass is 10.1. The number of nitrogens with zero attached hydrogens (tertiary/aromatic N) is 2. The van der Waals surface area contributed by atoms with Gasteiger partial charge in [0.05, 0.1) is 18.0 Å². The van der Waals surface area contributed by atoms with Crippen LogP contribution in [0.1, 0.15) is 43.4 Å². The molecule has 20 heavy (non-hydrogen) atoms. The lowest BCUT2D eigenvalue weighted by Gasteiger charge is -2.08. The maximum atomic E-state index is 12.0. The Labute approximate surface area is 120 Å². The predicted molar refractivity (Wildman–Crippen MR) is 79.6 cm³/mol. The van der Waals surface area contributed by atoms with Crippen LogP contribution in [0.4, 0.5) is 5.69 Å². The Hall–Kier alpha value is -1.56. The summed E-state index contributed by atoms with van der Waals surface area (Å²) in [7, 11) is 1.73. The minimum absolute atomic E-state index is 0.204. The molecule has 114 valence electrons. The summed E-state index contributed by atoms with van der Waals surface area (Å²) in [5.41, 5.74) is 7.57. The van der Waals surface area contributed by atoms with Crippen molar-refractivity contribution in [3.8, 4) is 0 Å². The Morgan fingerprint density at radius 1 is 1.45 bits per heavy atom. The van der Waals surface area contributed by atoms with Crippen molar-refractivity contribution in [1.82, 2.24) is 15.1 Å². The zero-order valence-electron chi connectivity index (χ0n) is 12.9. The van der Waals surface area contributed by atoms with Crippen LogP contribution in [0.15, 0.2) is 0 Å². The number of carbonyl (C=O) groups excluding carboxylic acids is 1. The smallest absolute Gasteiger partial charge is 0.271 e. The van der Waals surface area contributed by atoms with Crippen molar-refractivity contribution in [2.75, 3.05) is 25.5 Å². The second kappa shape index (κ2) is 7.89. The Bertz CT molecular complexity index is 441. The molecular formula is C14H26N4O2. The lowest BCUT2D eigenvalue weighted by molar-refractivity contribution is 0.0898. The fraction of sp³-hybridized carbons (Fsp3) is 0.714. The molecule has 0 spiro atoms. The van der Waals surface area contributed by atoms with E-state index in [0.29, 0.717) is 36.9 Å². The van der Waals surface area contributed by atoms with Crippen molar-refractivity contribution in [1.29, 1.82) is 0 Å². The van der Waals surface area contributed by atoms with E-state index >= 15 is 0 Å². The molecule has 3 N–H and O–H groups in total. The summed E-state index contributed by atoms with van der Waals surface area (Å²) >= 11 is 0. The van der Waals surface area contributed by atoms with Gasteiger partial charge in [-0.05, 0) is 18.8 Å². The van der Waals surface area contributed by atoms with Gasteiger partial charge in [0.15, 0.2) is 0 Å². The molecular weight excluding hydrogens is 256 g/mol. The van der Waals surface area contributed by atoms with E-state index in [1.54, 1.807) is 7.05 Å². The fourth-order valence-corrected chi connectivity index (χ4v) is 1.87. The maximum Gasteiger partial charge on any atom is 0.271 e. The fourth-order valence-electron chi connectivity index (χ4n) is 1.87. The van der Waals surface area contributed by atoms with E-state index < -0.39 is 0 Å². The molecule has 0 aliphatic heterocycles. The molecule has 0 aliphatic rings. The molecule has 0 unspecified atom stereocenters. The number of nitrogen functional groups attached to an aromatic ring is 1. The van der Waals surface area contributed by atoms with Crippen LogP contribution in [-0.4, -0.2) is 35.4 Å². The van der Waals surface area contributed by atoms with Gasteiger partial charge in [-0.15, -0.1) is 0 Å². The first-order valence-electron chi connectivity index (χ1n) is 7.14. The van der Waals surface area contributed by atoms with Crippen molar-refractivity contribution in [3.63, 3.8) is 0 Å². The molecule has 0 aliphatic carbocycles. The molecule has 1 rings (SSSR count). The number of hydrogen-bond acceptors (Lipinski definition) is 4. The normalized spacial score (nSPS) is 11.1. The zero-order valence-corrected chi connectivity index (χ0v) is 12.9. The second-order valence-electron chi connectivity index (χ2n) is 5.24. The number of aromatic nitrogens is 2. The molecule has 1 aromatic rings. The minimum Gasteiger partial charge on any atom is -0.395 e. The van der Waals surface area contributed by atoms with Crippen LogP contribution >= 0.6 is 0 Å². The van der Waals surface area contributed by atoms with Gasteiger partial charge in [0.25, 0.3) is 5.91 Å². The molecule has 0 bridgehead atoms. The number of amides is 1. The van der Waals surface area contributed by atoms with Crippen LogP contribution in [0.25, 0.3) is 0 Å². The summed E-state index contributed by atoms with van der Waals surface area (Å²) in [6.07, 6.45) is 1.74. The van der Waals surface area contributed by atoms with Crippen LogP contribution in [0.3, 0.4) is 0 Å². The standard InChI is InChI=1S/C14H26N4O2/c1-5-11-12(15)13(18(4)17-11)14(19)16-7-9-20-8-6-10(2)3/h10H,5-9,15H2,1-4H3,(H,16,19). The Morgan fingerprint density at radius 2 is 2.15 bits per heavy atom. The highest BCUT2D eigenvalue weighted by Gasteiger charge is 2.18. The number of aryl methyl sites for hydroxylation is 2. The topological polar surface area (TPSA) is 82.2 Å². The predicted octanol–water partition coefficient (Wildman–Crippen LogP) is 1.36. The van der Waals surface area contributed by atoms with Gasteiger partial charge in [-0.2, -0.15) is 5.10 Å². The summed E-state index contributed by atoms with van der Waals surface area (Å²) in [5.74, 6) is 0.427. The Balaban J connectivity index is 2.38. The average molecular weight is 282 g/mol. The number of nitrogens with two attached hydrogens (primary N) is 1. The van der Waals surface area contributed by atoms with Crippen molar-refractivity contribution in [3.05, 3.63) is 11.4 Å². The van der Waals surface area contributed by atoms with Gasteiger partial charge in [0.1, 0.15) is 5.69 Å². The third kappa shape index (κ3) is 4.52. The van der Waals surface area contributed by atoms with E-state index in [-0.39, 0.29) is 5.91 Å². The molecule has 0 radical (unpaired) electrons. The third-order valence-corrected chi connectivity index (χ3v) is 3.08. The first-order valence-corrected chi connectivity index (χ1v) is 7.14. The van der Waals surface area contributed by atoms with Gasteiger partial charge in [-0.1, -0.05) is 20.8 Å². The summed E-state index contributed by atoms with van der Waals surface area (Å²) in [6, 6.07) is 0. The van der Waals surface area contributed by atoms with Crippen molar-refractivity contribution in [2.24, 2.45) is 13.0 Å². The van der Waals surface area contributed by atoms with Gasteiger partial charge in [-0.3, -0.25) is 9.48 Å². The molecule has 0 saturated heterocycles. The number of hydrogen-bond donors (Lipinski definition) is 2. The quantitative estimate of drug-likeness (QED) is 0.705. The van der Waals surface area contributed by atoms with E-state index in [1.165, 1.54) is 4.68 Å². The van der Waals surface area contributed by atoms with E-state index in [2.05, 4.69) is 24.3 Å². The third-order valence-electron chi connectivity index (χ3n) is 3.08. The summed E-state index contributed by atoms with van der Waals surface area (Å²) in [6.45, 7) is 7.98. The van der Waals surface area contributed by atoms with Crippen LogP contribution in [0.2, 0.25) is 0 Å². The highest BCUT2D eigenvalue weighted by molar-refractivity contribution is 5.97. The van der Waals surface area contributed by atoms with Gasteiger partial charge in [0.2, 0.25) is 0 Å². The first kappa shape index (κ1) is 16.5. The highest BCUT2D eigenvalue weighted by Crippen LogP contribution is 2.16. The van der Waals surface area contributed by atoms with E-state index in [4.69, 9.17) is 10.5 Å². The van der Waals surface area contributed by atoms with Gasteiger partial charge >= 0.3 is 0 Å². The van der Waals surface area contributed by atoms with Crippen LogP contribution < -0.4 is 11.1 Å². The van der Waals surface area contributed by atoms with Gasteiger partial charge < -0.3 is 15.8 Å². The van der Waals surface area contributed by atoms with Crippen molar-refractivity contribution >= 4 is 11.6 Å². The molecule has 0 saturated carbocycles. The molecule has 6 heteroatoms. The Kier molecular flexibility index (Phi) is 6.51. The number of rotatable bonds is 8. The Morgan fingerprint density at radius 3 is 2.70 bits per heavy atom. The zero-order chi connectivity index (χ0) is 15.1. The number of anilines is 1. The molecule has 1 heterocycles. The molecule has 1 aromatic heterocycles. The molecule has 6 nitrogen and oxygen atoms in total. The average Bonchev–Trinajstić information content (AvgIpc) is 2.67. The van der Waals surface area contributed by atoms with E-state index in [1.807, 2.05) is 6.92 Å². The minimum atomic E-state index is -0.204. The molecule has 0 aromatic carbocycles. The van der Waals surface area contributed by atoms with E-state index in [0.717, 1.165) is 18.7 Å². The molecule has 0 fully saturated rings. The monoisotopic (exact) mass is 282 g/mol. The summed E-state index contributed by atoms with van der Waals surface area (Å²) < 4.78 is 6.98. The van der Waals surface area contributed by atoms with Gasteiger partial charge in [-0.25, -0.2) is 0 Å².